The van der Waals surface area contributed by atoms with Gasteiger partial charge < -0.3 is 25.4 Å². The highest BCUT2D eigenvalue weighted by molar-refractivity contribution is 5.82. The molecule has 244 valence electrons. The third-order valence-electron chi connectivity index (χ3n) is 8.62. The Morgan fingerprint density at radius 3 is 2.54 bits per heavy atom. The van der Waals surface area contributed by atoms with E-state index >= 15 is 0 Å². The van der Waals surface area contributed by atoms with Gasteiger partial charge in [-0.15, -0.1) is 0 Å². The number of nitrogen functional groups attached to an aromatic ring is 1. The van der Waals surface area contributed by atoms with E-state index in [4.69, 9.17) is 15.2 Å². The molecule has 4 rings (SSSR count). The molecule has 4 N–H and O–H groups in total. The number of aliphatic imine (C=N–C) groups is 1. The van der Waals surface area contributed by atoms with Crippen molar-refractivity contribution in [3.63, 3.8) is 0 Å². The SMILES string of the molecule is CCC(CCC(CC(=O)CCc1ccc(O)c(OC)c1)OC(C)=O)CC1=C(CC(c2cccc(O)c2)c2ccnc(N)c2)CN=C1. The summed E-state index contributed by atoms with van der Waals surface area (Å²) < 4.78 is 10.8. The summed E-state index contributed by atoms with van der Waals surface area (Å²) in [5, 5.41) is 20.0. The predicted molar refractivity (Wildman–Crippen MR) is 179 cm³/mol. The Bertz CT molecular complexity index is 1520. The predicted octanol–water partition coefficient (Wildman–Crippen LogP) is 6.71. The van der Waals surface area contributed by atoms with Gasteiger partial charge in [-0.1, -0.05) is 31.5 Å². The highest BCUT2D eigenvalue weighted by Gasteiger charge is 2.24. The number of aromatic nitrogens is 1. The number of benzene rings is 2. The number of aromatic hydroxyl groups is 2. The second-order valence-corrected chi connectivity index (χ2v) is 12.0. The molecule has 0 saturated carbocycles. The fourth-order valence-corrected chi connectivity index (χ4v) is 6.09. The van der Waals surface area contributed by atoms with Gasteiger partial charge in [0.1, 0.15) is 23.5 Å². The molecule has 0 spiro atoms. The molecule has 1 aromatic heterocycles. The summed E-state index contributed by atoms with van der Waals surface area (Å²) in [5.41, 5.74) is 11.4. The number of hydrogen-bond donors (Lipinski definition) is 3. The molecular weight excluding hydrogens is 582 g/mol. The molecule has 0 radical (unpaired) electrons. The topological polar surface area (TPSA) is 144 Å². The van der Waals surface area contributed by atoms with E-state index in [1.807, 2.05) is 30.5 Å². The van der Waals surface area contributed by atoms with Crippen LogP contribution < -0.4 is 10.5 Å². The number of Topliss-reactive ketones (excluding diaryl/α,β-unsaturated/α-hetero) is 1. The number of methoxy groups -OCH3 is 1. The zero-order valence-corrected chi connectivity index (χ0v) is 26.9. The first kappa shape index (κ1) is 34.2. The quantitative estimate of drug-likeness (QED) is 0.140. The fraction of sp³-hybridized carbons (Fsp3) is 0.405. The number of carbonyl (C=O) groups is 2. The molecule has 9 nitrogen and oxygen atoms in total. The molecule has 0 aliphatic carbocycles. The summed E-state index contributed by atoms with van der Waals surface area (Å²) in [6.45, 7) is 4.16. The number of nitrogens with zero attached hydrogens (tertiary/aromatic N) is 2. The number of nitrogens with two attached hydrogens (primary N) is 1. The van der Waals surface area contributed by atoms with Crippen molar-refractivity contribution >= 4 is 23.8 Å². The Morgan fingerprint density at radius 1 is 1.02 bits per heavy atom. The van der Waals surface area contributed by atoms with Crippen LogP contribution in [0.5, 0.6) is 17.2 Å². The molecule has 0 amide bonds. The molecule has 2 heterocycles. The van der Waals surface area contributed by atoms with E-state index in [0.717, 1.165) is 42.4 Å². The zero-order valence-electron chi connectivity index (χ0n) is 26.9. The van der Waals surface area contributed by atoms with Crippen molar-refractivity contribution in [3.05, 3.63) is 88.6 Å². The summed E-state index contributed by atoms with van der Waals surface area (Å²) in [6, 6.07) is 16.2. The van der Waals surface area contributed by atoms with Crippen molar-refractivity contribution in [2.24, 2.45) is 10.9 Å². The highest BCUT2D eigenvalue weighted by atomic mass is 16.5. The van der Waals surface area contributed by atoms with Crippen molar-refractivity contribution in [3.8, 4) is 17.2 Å². The summed E-state index contributed by atoms with van der Waals surface area (Å²) in [6.07, 6.45) is 8.09. The van der Waals surface area contributed by atoms with E-state index in [9.17, 15) is 19.8 Å². The monoisotopic (exact) mass is 627 g/mol. The van der Waals surface area contributed by atoms with Gasteiger partial charge in [-0.25, -0.2) is 4.98 Å². The van der Waals surface area contributed by atoms with E-state index in [-0.39, 0.29) is 29.6 Å². The standard InChI is InChI=1S/C37H45N3O6/c1-4-25(9-12-33(46-24(2)41)21-32(43)11-8-26-10-13-35(44)36(17-26)45-3)16-29-22-39-23-30(29)19-34(27-6-5-7-31(42)18-27)28-14-15-40-37(38)20-28/h5-7,10,13-15,17-18,20,22,25,33-34,42,44H,4,8-9,11-12,16,19,21,23H2,1-3H3,(H2,38,40). The maximum Gasteiger partial charge on any atom is 0.302 e. The Morgan fingerprint density at radius 2 is 1.83 bits per heavy atom. The number of allylic oxidation sites excluding steroid dienone is 1. The number of ketones is 1. The van der Waals surface area contributed by atoms with Gasteiger partial charge in [-0.05, 0) is 102 Å². The normalized spacial score (nSPS) is 14.6. The lowest BCUT2D eigenvalue weighted by atomic mass is 9.83. The smallest absolute Gasteiger partial charge is 0.302 e. The number of carbonyl (C=O) groups excluding carboxylic acids is 2. The molecule has 46 heavy (non-hydrogen) atoms. The first-order valence-electron chi connectivity index (χ1n) is 15.9. The van der Waals surface area contributed by atoms with Crippen molar-refractivity contribution < 1.29 is 29.3 Å². The number of hydrogen-bond acceptors (Lipinski definition) is 9. The third-order valence-corrected chi connectivity index (χ3v) is 8.62. The van der Waals surface area contributed by atoms with Gasteiger partial charge in [0, 0.05) is 38.1 Å². The fourth-order valence-electron chi connectivity index (χ4n) is 6.09. The summed E-state index contributed by atoms with van der Waals surface area (Å²) >= 11 is 0. The van der Waals surface area contributed by atoms with Crippen LogP contribution in [-0.4, -0.2) is 52.9 Å². The first-order valence-corrected chi connectivity index (χ1v) is 15.9. The number of pyridine rings is 1. The van der Waals surface area contributed by atoms with Crippen LogP contribution in [0.25, 0.3) is 0 Å². The van der Waals surface area contributed by atoms with Crippen LogP contribution >= 0.6 is 0 Å². The van der Waals surface area contributed by atoms with Crippen molar-refractivity contribution in [2.45, 2.75) is 77.2 Å². The van der Waals surface area contributed by atoms with Gasteiger partial charge in [0.05, 0.1) is 13.7 Å². The van der Waals surface area contributed by atoms with Gasteiger partial charge in [-0.2, -0.15) is 0 Å². The second-order valence-electron chi connectivity index (χ2n) is 12.0. The highest BCUT2D eigenvalue weighted by Crippen LogP contribution is 2.36. The van der Waals surface area contributed by atoms with Crippen molar-refractivity contribution in [1.82, 2.24) is 4.98 Å². The van der Waals surface area contributed by atoms with Crippen molar-refractivity contribution in [1.29, 1.82) is 0 Å². The molecule has 1 aliphatic rings. The Kier molecular flexibility index (Phi) is 12.3. The molecule has 3 atom stereocenters. The summed E-state index contributed by atoms with van der Waals surface area (Å²) in [5.74, 6) is 1.02. The van der Waals surface area contributed by atoms with Crippen LogP contribution in [0.15, 0.2) is 76.9 Å². The maximum absolute atomic E-state index is 12.9. The Labute approximate surface area is 271 Å². The second kappa shape index (κ2) is 16.6. The van der Waals surface area contributed by atoms with Gasteiger partial charge in [-0.3, -0.25) is 14.6 Å². The van der Waals surface area contributed by atoms with Gasteiger partial charge >= 0.3 is 5.97 Å². The van der Waals surface area contributed by atoms with E-state index in [2.05, 4.69) is 16.9 Å². The lowest BCUT2D eigenvalue weighted by Crippen LogP contribution is -2.22. The third kappa shape index (κ3) is 9.92. The number of phenols is 2. The average molecular weight is 628 g/mol. The van der Waals surface area contributed by atoms with Gasteiger partial charge in [0.2, 0.25) is 0 Å². The van der Waals surface area contributed by atoms with Crippen LogP contribution in [0, 0.1) is 5.92 Å². The van der Waals surface area contributed by atoms with Crippen LogP contribution in [0.1, 0.15) is 81.4 Å². The molecule has 3 unspecified atom stereocenters. The molecule has 9 heteroatoms. The number of phenolic OH excluding ortho intramolecular Hbond substituents is 2. The van der Waals surface area contributed by atoms with E-state index in [1.54, 1.807) is 36.5 Å². The molecule has 1 aliphatic heterocycles. The number of anilines is 1. The molecule has 2 aromatic carbocycles. The maximum atomic E-state index is 12.9. The van der Waals surface area contributed by atoms with Crippen LogP contribution in [0.4, 0.5) is 5.82 Å². The summed E-state index contributed by atoms with van der Waals surface area (Å²) in [4.78, 5) is 33.6. The Balaban J connectivity index is 1.40. The molecule has 0 saturated heterocycles. The van der Waals surface area contributed by atoms with Gasteiger partial charge in [0.15, 0.2) is 11.5 Å². The lowest BCUT2D eigenvalue weighted by molar-refractivity contribution is -0.148. The molecule has 3 aromatic rings. The van der Waals surface area contributed by atoms with E-state index in [0.29, 0.717) is 43.3 Å². The van der Waals surface area contributed by atoms with Crippen LogP contribution in [0.2, 0.25) is 0 Å². The number of esters is 1. The van der Waals surface area contributed by atoms with Gasteiger partial charge in [0.25, 0.3) is 0 Å². The number of aryl methyl sites for hydroxylation is 1. The molecular formula is C37H45N3O6. The molecule has 0 fully saturated rings. The number of rotatable bonds is 17. The largest absolute Gasteiger partial charge is 0.508 e. The minimum atomic E-state index is -0.480. The summed E-state index contributed by atoms with van der Waals surface area (Å²) in [7, 11) is 1.49. The van der Waals surface area contributed by atoms with Crippen molar-refractivity contribution in [2.75, 3.05) is 19.4 Å². The van der Waals surface area contributed by atoms with E-state index < -0.39 is 12.1 Å². The lowest BCUT2D eigenvalue weighted by Gasteiger charge is -2.22. The van der Waals surface area contributed by atoms with Crippen LogP contribution in [0.3, 0.4) is 0 Å². The Hall–Kier alpha value is -4.66. The zero-order chi connectivity index (χ0) is 33.1. The minimum Gasteiger partial charge on any atom is -0.508 e. The minimum absolute atomic E-state index is 0.0220. The van der Waals surface area contributed by atoms with E-state index in [1.165, 1.54) is 25.2 Å². The average Bonchev–Trinajstić information content (AvgIpc) is 3.47. The number of ether oxygens (including phenoxy) is 2. The van der Waals surface area contributed by atoms with Crippen LogP contribution in [-0.2, 0) is 20.7 Å². The molecule has 0 bridgehead atoms. The first-order chi connectivity index (χ1) is 22.1.